The summed E-state index contributed by atoms with van der Waals surface area (Å²) in [4.78, 5) is 15.6. The maximum atomic E-state index is 11.4. The molecule has 0 aliphatic rings. The highest BCUT2D eigenvalue weighted by Gasteiger charge is 2.11. The molecule has 0 amide bonds. The van der Waals surface area contributed by atoms with Crippen LogP contribution in [-0.4, -0.2) is 22.6 Å². The predicted octanol–water partition coefficient (Wildman–Crippen LogP) is 1.82. The van der Waals surface area contributed by atoms with Crippen molar-refractivity contribution in [2.75, 3.05) is 12.8 Å². The van der Waals surface area contributed by atoms with E-state index in [0.717, 1.165) is 24.0 Å². The van der Waals surface area contributed by atoms with E-state index in [9.17, 15) is 4.79 Å². The summed E-state index contributed by atoms with van der Waals surface area (Å²) < 4.78 is 6.61. The standard InChI is InChI=1S/C12H15N3O2/c1-3-6-15-10-5-4-8(11(16)17-2)7-9(10)14-12(15)13/h4-5,7H,3,6H2,1-2H3,(H2,13,14). The van der Waals surface area contributed by atoms with Gasteiger partial charge in [0.2, 0.25) is 5.95 Å². The first kappa shape index (κ1) is 11.4. The number of nitrogens with zero attached hydrogens (tertiary/aromatic N) is 2. The Morgan fingerprint density at radius 3 is 2.94 bits per heavy atom. The summed E-state index contributed by atoms with van der Waals surface area (Å²) in [6.45, 7) is 2.90. The number of carbonyl (C=O) groups is 1. The molecule has 0 atom stereocenters. The van der Waals surface area contributed by atoms with Gasteiger partial charge in [0.25, 0.3) is 0 Å². The van der Waals surface area contributed by atoms with E-state index in [2.05, 4.69) is 16.6 Å². The van der Waals surface area contributed by atoms with Gasteiger partial charge in [-0.1, -0.05) is 6.92 Å². The Balaban J connectivity index is 2.53. The van der Waals surface area contributed by atoms with Crippen LogP contribution in [0.2, 0.25) is 0 Å². The molecule has 1 heterocycles. The number of methoxy groups -OCH3 is 1. The lowest BCUT2D eigenvalue weighted by molar-refractivity contribution is 0.0601. The molecule has 2 aromatic rings. The molecular weight excluding hydrogens is 218 g/mol. The van der Waals surface area contributed by atoms with Crippen molar-refractivity contribution in [3.05, 3.63) is 23.8 Å². The number of carbonyl (C=O) groups excluding carboxylic acids is 1. The van der Waals surface area contributed by atoms with Gasteiger partial charge in [-0.15, -0.1) is 0 Å². The minimum atomic E-state index is -0.365. The first-order chi connectivity index (χ1) is 8.17. The van der Waals surface area contributed by atoms with Crippen molar-refractivity contribution in [3.63, 3.8) is 0 Å². The third-order valence-corrected chi connectivity index (χ3v) is 2.65. The number of rotatable bonds is 3. The molecule has 0 fully saturated rings. The van der Waals surface area contributed by atoms with Crippen LogP contribution in [0.3, 0.4) is 0 Å². The highest BCUT2D eigenvalue weighted by Crippen LogP contribution is 2.20. The lowest BCUT2D eigenvalue weighted by Crippen LogP contribution is -2.03. The number of esters is 1. The van der Waals surface area contributed by atoms with Crippen molar-refractivity contribution in [2.24, 2.45) is 0 Å². The molecule has 0 spiro atoms. The zero-order valence-corrected chi connectivity index (χ0v) is 9.93. The number of ether oxygens (including phenoxy) is 1. The van der Waals surface area contributed by atoms with E-state index < -0.39 is 0 Å². The fraction of sp³-hybridized carbons (Fsp3) is 0.333. The number of anilines is 1. The number of nitrogen functional groups attached to an aromatic ring is 1. The maximum absolute atomic E-state index is 11.4. The molecule has 0 aliphatic carbocycles. The van der Waals surface area contributed by atoms with E-state index >= 15 is 0 Å². The molecule has 0 aliphatic heterocycles. The molecule has 1 aromatic carbocycles. The Kier molecular flexibility index (Phi) is 2.99. The van der Waals surface area contributed by atoms with Gasteiger partial charge in [0.1, 0.15) is 0 Å². The van der Waals surface area contributed by atoms with Gasteiger partial charge in [0.05, 0.1) is 23.7 Å². The van der Waals surface area contributed by atoms with E-state index in [4.69, 9.17) is 5.73 Å². The monoisotopic (exact) mass is 233 g/mol. The number of hydrogen-bond donors (Lipinski definition) is 1. The Morgan fingerprint density at radius 1 is 1.53 bits per heavy atom. The Morgan fingerprint density at radius 2 is 2.29 bits per heavy atom. The van der Waals surface area contributed by atoms with Crippen LogP contribution >= 0.6 is 0 Å². The van der Waals surface area contributed by atoms with E-state index in [0.29, 0.717) is 11.5 Å². The Hall–Kier alpha value is -2.04. The van der Waals surface area contributed by atoms with Crippen molar-refractivity contribution < 1.29 is 9.53 Å². The summed E-state index contributed by atoms with van der Waals surface area (Å²) >= 11 is 0. The van der Waals surface area contributed by atoms with Crippen LogP contribution in [0.5, 0.6) is 0 Å². The number of hydrogen-bond acceptors (Lipinski definition) is 4. The highest BCUT2D eigenvalue weighted by molar-refractivity contribution is 5.94. The van der Waals surface area contributed by atoms with Crippen LogP contribution in [0, 0.1) is 0 Å². The normalized spacial score (nSPS) is 10.7. The topological polar surface area (TPSA) is 70.1 Å². The largest absolute Gasteiger partial charge is 0.465 e. The fourth-order valence-electron chi connectivity index (χ4n) is 1.85. The first-order valence-electron chi connectivity index (χ1n) is 5.51. The number of benzene rings is 1. The minimum Gasteiger partial charge on any atom is -0.465 e. The van der Waals surface area contributed by atoms with Crippen molar-refractivity contribution >= 4 is 23.0 Å². The van der Waals surface area contributed by atoms with Crippen LogP contribution in [0.1, 0.15) is 23.7 Å². The Bertz CT molecular complexity index is 560. The van der Waals surface area contributed by atoms with Gasteiger partial charge < -0.3 is 15.0 Å². The van der Waals surface area contributed by atoms with Gasteiger partial charge >= 0.3 is 5.97 Å². The van der Waals surface area contributed by atoms with Gasteiger partial charge in [-0.05, 0) is 24.6 Å². The number of fused-ring (bicyclic) bond motifs is 1. The molecule has 0 bridgehead atoms. The van der Waals surface area contributed by atoms with Crippen molar-refractivity contribution in [3.8, 4) is 0 Å². The first-order valence-corrected chi connectivity index (χ1v) is 5.51. The molecule has 2 rings (SSSR count). The van der Waals surface area contributed by atoms with Crippen LogP contribution in [0.15, 0.2) is 18.2 Å². The van der Waals surface area contributed by atoms with E-state index in [1.54, 1.807) is 12.1 Å². The average Bonchev–Trinajstić information content (AvgIpc) is 2.64. The quantitative estimate of drug-likeness (QED) is 0.821. The average molecular weight is 233 g/mol. The van der Waals surface area contributed by atoms with E-state index in [-0.39, 0.29) is 5.97 Å². The van der Waals surface area contributed by atoms with Crippen LogP contribution in [0.4, 0.5) is 5.95 Å². The van der Waals surface area contributed by atoms with Gasteiger partial charge in [-0.2, -0.15) is 0 Å². The lowest BCUT2D eigenvalue weighted by Gasteiger charge is -2.04. The molecule has 5 nitrogen and oxygen atoms in total. The second-order valence-electron chi connectivity index (χ2n) is 3.82. The minimum absolute atomic E-state index is 0.365. The molecular formula is C12H15N3O2. The van der Waals surface area contributed by atoms with Crippen molar-refractivity contribution in [2.45, 2.75) is 19.9 Å². The Labute approximate surface area is 99.2 Å². The molecule has 17 heavy (non-hydrogen) atoms. The van der Waals surface area contributed by atoms with Gasteiger partial charge in [0, 0.05) is 6.54 Å². The molecule has 0 saturated carbocycles. The number of aromatic nitrogens is 2. The third kappa shape index (κ3) is 1.95. The number of imidazole rings is 1. The molecule has 2 N–H and O–H groups in total. The lowest BCUT2D eigenvalue weighted by atomic mass is 10.2. The summed E-state index contributed by atoms with van der Waals surface area (Å²) in [5.41, 5.74) is 7.98. The molecule has 1 aromatic heterocycles. The summed E-state index contributed by atoms with van der Waals surface area (Å²) in [6.07, 6.45) is 0.981. The molecule has 0 unspecified atom stereocenters. The number of nitrogens with two attached hydrogens (primary N) is 1. The van der Waals surface area contributed by atoms with Gasteiger partial charge in [-0.25, -0.2) is 9.78 Å². The summed E-state index contributed by atoms with van der Waals surface area (Å²) in [6, 6.07) is 5.27. The van der Waals surface area contributed by atoms with Crippen LogP contribution in [0.25, 0.3) is 11.0 Å². The summed E-state index contributed by atoms with van der Waals surface area (Å²) in [5.74, 6) is 0.111. The molecule has 0 radical (unpaired) electrons. The highest BCUT2D eigenvalue weighted by atomic mass is 16.5. The maximum Gasteiger partial charge on any atom is 0.337 e. The van der Waals surface area contributed by atoms with Crippen molar-refractivity contribution in [1.29, 1.82) is 0 Å². The zero-order valence-electron chi connectivity index (χ0n) is 9.93. The molecule has 90 valence electrons. The smallest absolute Gasteiger partial charge is 0.337 e. The fourth-order valence-corrected chi connectivity index (χ4v) is 1.85. The second-order valence-corrected chi connectivity index (χ2v) is 3.82. The van der Waals surface area contributed by atoms with Gasteiger partial charge in [-0.3, -0.25) is 0 Å². The summed E-state index contributed by atoms with van der Waals surface area (Å²) in [5, 5.41) is 0. The number of aryl methyl sites for hydroxylation is 1. The van der Waals surface area contributed by atoms with Crippen molar-refractivity contribution in [1.82, 2.24) is 9.55 Å². The second kappa shape index (κ2) is 4.45. The van der Waals surface area contributed by atoms with Crippen LogP contribution in [-0.2, 0) is 11.3 Å². The summed E-state index contributed by atoms with van der Waals surface area (Å²) in [7, 11) is 1.36. The third-order valence-electron chi connectivity index (χ3n) is 2.65. The molecule has 5 heteroatoms. The zero-order chi connectivity index (χ0) is 12.4. The predicted molar refractivity (Wildman–Crippen MR) is 65.8 cm³/mol. The van der Waals surface area contributed by atoms with Crippen LogP contribution < -0.4 is 5.73 Å². The SMILES string of the molecule is CCCn1c(N)nc2cc(C(=O)OC)ccc21. The van der Waals surface area contributed by atoms with Gasteiger partial charge in [0.15, 0.2) is 0 Å². The van der Waals surface area contributed by atoms with E-state index in [1.807, 2.05) is 10.6 Å². The molecule has 0 saturated heterocycles. The van der Waals surface area contributed by atoms with E-state index in [1.165, 1.54) is 7.11 Å².